The van der Waals surface area contributed by atoms with Gasteiger partial charge in [0, 0.05) is 44.3 Å². The molecule has 27 heavy (non-hydrogen) atoms. The van der Waals surface area contributed by atoms with E-state index in [1.54, 1.807) is 0 Å². The first-order chi connectivity index (χ1) is 12.2. The van der Waals surface area contributed by atoms with Crippen LogP contribution in [0.2, 0.25) is 0 Å². The Kier molecular flexibility index (Phi) is 10.6. The molecule has 1 heterocycles. The van der Waals surface area contributed by atoms with Crippen LogP contribution in [0.5, 0.6) is 0 Å². The number of nitrogens with two attached hydrogens (primary N) is 1. The zero-order valence-corrected chi connectivity index (χ0v) is 17.9. The van der Waals surface area contributed by atoms with E-state index in [9.17, 15) is 4.79 Å². The highest BCUT2D eigenvalue weighted by Gasteiger charge is 2.25. The van der Waals surface area contributed by atoms with E-state index in [1.165, 1.54) is 18.4 Å². The minimum atomic E-state index is 0. The molecule has 1 aliphatic heterocycles. The quantitative estimate of drug-likeness (QED) is 0.773. The summed E-state index contributed by atoms with van der Waals surface area (Å²) >= 11 is 0. The van der Waals surface area contributed by atoms with E-state index in [4.69, 9.17) is 5.73 Å². The van der Waals surface area contributed by atoms with Crippen LogP contribution in [0.15, 0.2) is 24.3 Å². The van der Waals surface area contributed by atoms with Gasteiger partial charge in [0.2, 0.25) is 0 Å². The molecule has 3 N–H and O–H groups in total. The van der Waals surface area contributed by atoms with Gasteiger partial charge < -0.3 is 16.0 Å². The SMILES string of the molecule is CN1CCN(Cc2ccc(C(=O)NC3CCCCC3CN)cc2)CC1.Cl.Cl. The van der Waals surface area contributed by atoms with Crippen molar-refractivity contribution in [1.29, 1.82) is 0 Å². The predicted octanol–water partition coefficient (Wildman–Crippen LogP) is 2.52. The zero-order valence-electron chi connectivity index (χ0n) is 16.2. The van der Waals surface area contributed by atoms with E-state index < -0.39 is 0 Å². The number of halogens is 2. The van der Waals surface area contributed by atoms with Crippen LogP contribution in [-0.4, -0.2) is 61.5 Å². The molecular weight excluding hydrogens is 383 g/mol. The van der Waals surface area contributed by atoms with Crippen LogP contribution in [0.25, 0.3) is 0 Å². The minimum absolute atomic E-state index is 0. The Morgan fingerprint density at radius 1 is 1.07 bits per heavy atom. The van der Waals surface area contributed by atoms with Gasteiger partial charge in [0.15, 0.2) is 0 Å². The molecular formula is C20H34Cl2N4O. The Morgan fingerprint density at radius 2 is 1.70 bits per heavy atom. The Hall–Kier alpha value is -0.850. The van der Waals surface area contributed by atoms with Crippen molar-refractivity contribution in [2.75, 3.05) is 39.8 Å². The number of nitrogens with one attached hydrogen (secondary N) is 1. The van der Waals surface area contributed by atoms with Gasteiger partial charge in [-0.15, -0.1) is 24.8 Å². The van der Waals surface area contributed by atoms with Crippen LogP contribution >= 0.6 is 24.8 Å². The van der Waals surface area contributed by atoms with Crippen molar-refractivity contribution in [3.63, 3.8) is 0 Å². The molecule has 0 bridgehead atoms. The summed E-state index contributed by atoms with van der Waals surface area (Å²) in [5.74, 6) is 0.464. The summed E-state index contributed by atoms with van der Waals surface area (Å²) in [5, 5.41) is 3.21. The number of amides is 1. The normalized spacial score (nSPS) is 23.8. The molecule has 2 atom stereocenters. The summed E-state index contributed by atoms with van der Waals surface area (Å²) in [7, 11) is 2.17. The summed E-state index contributed by atoms with van der Waals surface area (Å²) in [6, 6.07) is 8.33. The average molecular weight is 417 g/mol. The highest BCUT2D eigenvalue weighted by Crippen LogP contribution is 2.24. The van der Waals surface area contributed by atoms with E-state index in [0.29, 0.717) is 12.5 Å². The minimum Gasteiger partial charge on any atom is -0.349 e. The van der Waals surface area contributed by atoms with Crippen LogP contribution in [0.3, 0.4) is 0 Å². The smallest absolute Gasteiger partial charge is 0.251 e. The largest absolute Gasteiger partial charge is 0.349 e. The van der Waals surface area contributed by atoms with Gasteiger partial charge in [-0.2, -0.15) is 0 Å². The third-order valence-electron chi connectivity index (χ3n) is 5.75. The first kappa shape index (κ1) is 24.2. The maximum absolute atomic E-state index is 12.5. The number of benzene rings is 1. The zero-order chi connectivity index (χ0) is 17.6. The molecule has 5 nitrogen and oxygen atoms in total. The number of hydrogen-bond donors (Lipinski definition) is 2. The van der Waals surface area contributed by atoms with E-state index in [1.807, 2.05) is 12.1 Å². The van der Waals surface area contributed by atoms with E-state index >= 15 is 0 Å². The monoisotopic (exact) mass is 416 g/mol. The Balaban J connectivity index is 0.00000182. The van der Waals surface area contributed by atoms with Crippen LogP contribution in [0.1, 0.15) is 41.6 Å². The molecule has 1 aromatic carbocycles. The average Bonchev–Trinajstić information content (AvgIpc) is 2.64. The van der Waals surface area contributed by atoms with Crippen molar-refractivity contribution < 1.29 is 4.79 Å². The molecule has 1 aliphatic carbocycles. The van der Waals surface area contributed by atoms with Gasteiger partial charge in [0.1, 0.15) is 0 Å². The highest BCUT2D eigenvalue weighted by molar-refractivity contribution is 5.94. The van der Waals surface area contributed by atoms with Gasteiger partial charge in [-0.1, -0.05) is 25.0 Å². The second kappa shape index (κ2) is 11.9. The molecule has 0 aromatic heterocycles. The highest BCUT2D eigenvalue weighted by atomic mass is 35.5. The molecule has 2 aliphatic rings. The van der Waals surface area contributed by atoms with E-state index in [2.05, 4.69) is 34.3 Å². The maximum Gasteiger partial charge on any atom is 0.251 e. The lowest BCUT2D eigenvalue weighted by atomic mass is 9.84. The Bertz CT molecular complexity index is 562. The van der Waals surface area contributed by atoms with Crippen LogP contribution in [-0.2, 0) is 6.54 Å². The molecule has 1 amide bonds. The lowest BCUT2D eigenvalue weighted by molar-refractivity contribution is 0.0908. The van der Waals surface area contributed by atoms with Crippen molar-refractivity contribution in [3.8, 4) is 0 Å². The van der Waals surface area contributed by atoms with Crippen LogP contribution < -0.4 is 11.1 Å². The number of piperazine rings is 1. The van der Waals surface area contributed by atoms with Crippen LogP contribution in [0.4, 0.5) is 0 Å². The molecule has 2 unspecified atom stereocenters. The third-order valence-corrected chi connectivity index (χ3v) is 5.75. The van der Waals surface area contributed by atoms with Gasteiger partial charge in [-0.25, -0.2) is 0 Å². The lowest BCUT2D eigenvalue weighted by Crippen LogP contribution is -2.44. The van der Waals surface area contributed by atoms with Gasteiger partial charge in [-0.3, -0.25) is 9.69 Å². The first-order valence-electron chi connectivity index (χ1n) is 9.66. The fourth-order valence-electron chi connectivity index (χ4n) is 3.96. The predicted molar refractivity (Wildman–Crippen MR) is 116 cm³/mol. The van der Waals surface area contributed by atoms with Gasteiger partial charge in [-0.05, 0) is 50.0 Å². The van der Waals surface area contributed by atoms with Gasteiger partial charge in [0.25, 0.3) is 5.91 Å². The number of nitrogens with zero attached hydrogens (tertiary/aromatic N) is 2. The molecule has 3 rings (SSSR count). The number of carbonyl (C=O) groups is 1. The fraction of sp³-hybridized carbons (Fsp3) is 0.650. The molecule has 0 spiro atoms. The van der Waals surface area contributed by atoms with Crippen molar-refractivity contribution in [2.24, 2.45) is 11.7 Å². The van der Waals surface area contributed by atoms with Crippen molar-refractivity contribution in [3.05, 3.63) is 35.4 Å². The molecule has 0 radical (unpaired) electrons. The maximum atomic E-state index is 12.5. The Morgan fingerprint density at radius 3 is 2.33 bits per heavy atom. The number of rotatable bonds is 5. The summed E-state index contributed by atoms with van der Waals surface area (Å²) in [6.07, 6.45) is 4.60. The number of likely N-dealkylation sites (N-methyl/N-ethyl adjacent to an activating group) is 1. The molecule has 1 saturated heterocycles. The summed E-state index contributed by atoms with van der Waals surface area (Å²) < 4.78 is 0. The first-order valence-corrected chi connectivity index (χ1v) is 9.66. The molecule has 1 aromatic rings. The topological polar surface area (TPSA) is 61.6 Å². The fourth-order valence-corrected chi connectivity index (χ4v) is 3.96. The summed E-state index contributed by atoms with van der Waals surface area (Å²) in [5.41, 5.74) is 7.90. The van der Waals surface area contributed by atoms with E-state index in [-0.39, 0.29) is 36.8 Å². The summed E-state index contributed by atoms with van der Waals surface area (Å²) in [4.78, 5) is 17.4. The molecule has 7 heteroatoms. The van der Waals surface area contributed by atoms with Crippen molar-refractivity contribution >= 4 is 30.7 Å². The number of hydrogen-bond acceptors (Lipinski definition) is 4. The van der Waals surface area contributed by atoms with Crippen molar-refractivity contribution in [1.82, 2.24) is 15.1 Å². The second-order valence-electron chi connectivity index (χ2n) is 7.64. The van der Waals surface area contributed by atoms with Gasteiger partial charge in [0.05, 0.1) is 0 Å². The van der Waals surface area contributed by atoms with E-state index in [0.717, 1.165) is 51.1 Å². The molecule has 2 fully saturated rings. The third kappa shape index (κ3) is 6.91. The van der Waals surface area contributed by atoms with Crippen molar-refractivity contribution in [2.45, 2.75) is 38.3 Å². The second-order valence-corrected chi connectivity index (χ2v) is 7.64. The van der Waals surface area contributed by atoms with Gasteiger partial charge >= 0.3 is 0 Å². The standard InChI is InChI=1S/C20H32N4O.2ClH/c1-23-10-12-24(13-11-23)15-16-6-8-17(9-7-16)20(25)22-19-5-3-2-4-18(19)14-21;;/h6-9,18-19H,2-5,10-15,21H2,1H3,(H,22,25);2*1H. The number of carbonyl (C=O) groups excluding carboxylic acids is 1. The Labute approximate surface area is 175 Å². The molecule has 1 saturated carbocycles. The summed E-state index contributed by atoms with van der Waals surface area (Å²) in [6.45, 7) is 6.11. The van der Waals surface area contributed by atoms with Crippen LogP contribution in [0, 0.1) is 5.92 Å². The molecule has 154 valence electrons. The lowest BCUT2D eigenvalue weighted by Gasteiger charge is -2.32.